The second kappa shape index (κ2) is 20.1. The molecule has 1 unspecified atom stereocenters. The van der Waals surface area contributed by atoms with Gasteiger partial charge < -0.3 is 39.9 Å². The molecule has 0 saturated carbocycles. The van der Waals surface area contributed by atoms with E-state index in [-0.39, 0.29) is 30.3 Å². The van der Waals surface area contributed by atoms with Crippen molar-refractivity contribution in [3.8, 4) is 32.3 Å². The van der Waals surface area contributed by atoms with E-state index in [4.69, 9.17) is 4.74 Å². The van der Waals surface area contributed by atoms with Crippen molar-refractivity contribution in [2.75, 3.05) is 33.9 Å². The molecule has 0 spiro atoms. The molecule has 59 heavy (non-hydrogen) atoms. The minimum Gasteiger partial charge on any atom is -0.453 e. The van der Waals surface area contributed by atoms with E-state index in [1.54, 1.807) is 44.9 Å². The standard InChI is InChI=1S/C37H44N8O6S2.C6H6/c1-6-13-44(35(47)33(21(2)3)43-37(49)51-5)20-31-38-18-25(41-31)28-16-30-29(53-28)15-27(52-30)23-11-9-22(10-12-23)24-17-39-34(42-24)26-8-7-14-45(26)32(46)19-40-36(48)50-4;1-2-4-6-5-3-1/h9-12,15-18,21,26,33H,6-8,13-14,19-20H2,1-5H3,(H,38,41)(H,39,42)(H,40,48)(H,43,49);1-6H/t26?,33-;/m0./s1. The van der Waals surface area contributed by atoms with E-state index in [2.05, 4.69) is 71.7 Å². The van der Waals surface area contributed by atoms with Crippen molar-refractivity contribution in [2.45, 2.75) is 58.7 Å². The van der Waals surface area contributed by atoms with Crippen molar-refractivity contribution < 1.29 is 28.7 Å². The number of methoxy groups -OCH3 is 2. The van der Waals surface area contributed by atoms with Crippen LogP contribution in [0.1, 0.15) is 57.7 Å². The highest BCUT2D eigenvalue weighted by Crippen LogP contribution is 2.42. The molecule has 0 radical (unpaired) electrons. The zero-order valence-electron chi connectivity index (χ0n) is 33.8. The summed E-state index contributed by atoms with van der Waals surface area (Å²) in [5.41, 5.74) is 3.86. The summed E-state index contributed by atoms with van der Waals surface area (Å²) in [6.45, 7) is 7.11. The molecule has 1 aliphatic heterocycles. The molecular formula is C43H50N8O6S2. The summed E-state index contributed by atoms with van der Waals surface area (Å²) < 4.78 is 11.7. The maximum Gasteiger partial charge on any atom is 0.407 e. The number of benzene rings is 2. The third-order valence-electron chi connectivity index (χ3n) is 9.84. The van der Waals surface area contributed by atoms with Gasteiger partial charge in [-0.1, -0.05) is 81.4 Å². The number of aromatic amines is 2. The molecule has 1 saturated heterocycles. The second-order valence-corrected chi connectivity index (χ2v) is 16.5. The molecule has 6 aromatic rings. The van der Waals surface area contributed by atoms with Gasteiger partial charge in [-0.15, -0.1) is 22.7 Å². The van der Waals surface area contributed by atoms with Crippen LogP contribution in [0.5, 0.6) is 0 Å². The first kappa shape index (κ1) is 42.6. The highest BCUT2D eigenvalue weighted by molar-refractivity contribution is 7.31. The first-order valence-corrected chi connectivity index (χ1v) is 21.2. The number of amides is 4. The van der Waals surface area contributed by atoms with E-state index < -0.39 is 18.2 Å². The van der Waals surface area contributed by atoms with Crippen LogP contribution in [0.3, 0.4) is 0 Å². The van der Waals surface area contributed by atoms with E-state index in [9.17, 15) is 19.2 Å². The molecule has 7 rings (SSSR count). The average molecular weight is 839 g/mol. The van der Waals surface area contributed by atoms with Crippen LogP contribution >= 0.6 is 22.7 Å². The van der Waals surface area contributed by atoms with Gasteiger partial charge in [0.1, 0.15) is 24.2 Å². The number of carbonyl (C=O) groups excluding carboxylic acids is 4. The van der Waals surface area contributed by atoms with Crippen LogP contribution in [0.2, 0.25) is 0 Å². The largest absolute Gasteiger partial charge is 0.453 e. The van der Waals surface area contributed by atoms with Gasteiger partial charge >= 0.3 is 12.2 Å². The Hall–Kier alpha value is -6.00. The van der Waals surface area contributed by atoms with Crippen LogP contribution in [-0.4, -0.2) is 93.6 Å². The zero-order chi connectivity index (χ0) is 41.9. The Balaban J connectivity index is 0.000000894. The number of aromatic nitrogens is 4. The van der Waals surface area contributed by atoms with Gasteiger partial charge in [-0.05, 0) is 48.4 Å². The number of nitrogens with zero attached hydrogens (tertiary/aromatic N) is 4. The van der Waals surface area contributed by atoms with E-state index in [0.717, 1.165) is 57.4 Å². The number of ether oxygens (including phenoxy) is 2. The van der Waals surface area contributed by atoms with Crippen LogP contribution in [0.4, 0.5) is 9.59 Å². The van der Waals surface area contributed by atoms with E-state index in [1.807, 2.05) is 57.2 Å². The van der Waals surface area contributed by atoms with Crippen molar-refractivity contribution in [3.05, 3.63) is 96.8 Å². The van der Waals surface area contributed by atoms with Gasteiger partial charge in [-0.3, -0.25) is 9.59 Å². The SMILES string of the molecule is CCCN(Cc1ncc(-c2cc3sc(-c4ccc(-c5cnc(C6CCCN6C(=O)CNC(=O)OC)[nH]5)cc4)cc3s2)[nH]1)C(=O)[C@@H](NC(=O)OC)C(C)C.c1ccccc1. The number of hydrogen-bond acceptors (Lipinski definition) is 10. The Kier molecular flexibility index (Phi) is 14.5. The molecule has 14 nitrogen and oxygen atoms in total. The molecule has 5 heterocycles. The van der Waals surface area contributed by atoms with E-state index in [1.165, 1.54) is 23.6 Å². The summed E-state index contributed by atoms with van der Waals surface area (Å²) in [5, 5.41) is 5.14. The Morgan fingerprint density at radius 1 is 0.864 bits per heavy atom. The molecule has 16 heteroatoms. The zero-order valence-corrected chi connectivity index (χ0v) is 35.5. The van der Waals surface area contributed by atoms with Crippen molar-refractivity contribution >= 4 is 56.1 Å². The highest BCUT2D eigenvalue weighted by Gasteiger charge is 2.32. The first-order chi connectivity index (χ1) is 28.6. The monoisotopic (exact) mass is 838 g/mol. The van der Waals surface area contributed by atoms with Crippen LogP contribution in [-0.2, 0) is 25.6 Å². The van der Waals surface area contributed by atoms with Crippen LogP contribution < -0.4 is 10.6 Å². The number of thiophene rings is 2. The van der Waals surface area contributed by atoms with E-state index in [0.29, 0.717) is 25.5 Å². The molecule has 4 aromatic heterocycles. The summed E-state index contributed by atoms with van der Waals surface area (Å²) in [6, 6.07) is 23.8. The van der Waals surface area contributed by atoms with Gasteiger partial charge in [0.25, 0.3) is 0 Å². The lowest BCUT2D eigenvalue weighted by Gasteiger charge is -2.28. The second-order valence-electron chi connectivity index (χ2n) is 14.3. The number of rotatable bonds is 13. The molecule has 0 aliphatic carbocycles. The van der Waals surface area contributed by atoms with Gasteiger partial charge in [-0.2, -0.15) is 0 Å². The molecule has 4 N–H and O–H groups in total. The predicted molar refractivity (Wildman–Crippen MR) is 231 cm³/mol. The Labute approximate surface area is 351 Å². The lowest BCUT2D eigenvalue weighted by molar-refractivity contribution is -0.135. The summed E-state index contributed by atoms with van der Waals surface area (Å²) >= 11 is 3.41. The van der Waals surface area contributed by atoms with Crippen molar-refractivity contribution in [1.29, 1.82) is 0 Å². The summed E-state index contributed by atoms with van der Waals surface area (Å²) in [4.78, 5) is 71.2. The summed E-state index contributed by atoms with van der Waals surface area (Å²) in [7, 11) is 2.55. The van der Waals surface area contributed by atoms with Crippen LogP contribution in [0.15, 0.2) is 85.2 Å². The fourth-order valence-corrected chi connectivity index (χ4v) is 9.18. The van der Waals surface area contributed by atoms with Gasteiger partial charge in [0.2, 0.25) is 11.8 Å². The number of H-pyrrole nitrogens is 2. The number of hydrogen-bond donors (Lipinski definition) is 4. The number of carbonyl (C=O) groups is 4. The maximum absolute atomic E-state index is 13.4. The minimum absolute atomic E-state index is 0.113. The molecule has 1 aliphatic rings. The number of nitrogens with one attached hydrogen (secondary N) is 4. The Bertz CT molecular complexity index is 2260. The lowest BCUT2D eigenvalue weighted by atomic mass is 10.0. The average Bonchev–Trinajstić information content (AvgIpc) is 4.11. The number of alkyl carbamates (subject to hydrolysis) is 2. The molecule has 310 valence electrons. The fourth-order valence-electron chi connectivity index (χ4n) is 6.82. The van der Waals surface area contributed by atoms with Gasteiger partial charge in [0.15, 0.2) is 0 Å². The number of likely N-dealkylation sites (tertiary alicyclic amines) is 1. The quantitative estimate of drug-likeness (QED) is 0.0900. The molecule has 1 fully saturated rings. The molecular weight excluding hydrogens is 789 g/mol. The molecule has 0 bridgehead atoms. The molecule has 2 atom stereocenters. The first-order valence-electron chi connectivity index (χ1n) is 19.6. The lowest BCUT2D eigenvalue weighted by Crippen LogP contribution is -2.51. The smallest absolute Gasteiger partial charge is 0.407 e. The minimum atomic E-state index is -0.701. The predicted octanol–water partition coefficient (Wildman–Crippen LogP) is 8.24. The van der Waals surface area contributed by atoms with Crippen LogP contribution in [0.25, 0.3) is 41.7 Å². The van der Waals surface area contributed by atoms with E-state index >= 15 is 0 Å². The normalized spacial score (nSPS) is 14.1. The van der Waals surface area contributed by atoms with Gasteiger partial charge in [0, 0.05) is 27.4 Å². The number of imidazole rings is 2. The van der Waals surface area contributed by atoms with Crippen molar-refractivity contribution in [3.63, 3.8) is 0 Å². The van der Waals surface area contributed by atoms with Gasteiger partial charge in [0.05, 0.1) is 55.5 Å². The van der Waals surface area contributed by atoms with Crippen LogP contribution in [0, 0.1) is 5.92 Å². The fraction of sp³-hybridized carbons (Fsp3) is 0.349. The third kappa shape index (κ3) is 10.7. The molecule has 2 aromatic carbocycles. The summed E-state index contributed by atoms with van der Waals surface area (Å²) in [5.74, 6) is 0.941. The number of fused-ring (bicyclic) bond motifs is 1. The topological polar surface area (TPSA) is 175 Å². The Morgan fingerprint density at radius 2 is 1.49 bits per heavy atom. The molecule has 4 amide bonds. The van der Waals surface area contributed by atoms with Gasteiger partial charge in [-0.25, -0.2) is 19.6 Å². The Morgan fingerprint density at radius 3 is 2.14 bits per heavy atom. The van der Waals surface area contributed by atoms with Crippen molar-refractivity contribution in [2.24, 2.45) is 5.92 Å². The third-order valence-corrected chi connectivity index (χ3v) is 12.2. The van der Waals surface area contributed by atoms with Crippen molar-refractivity contribution in [1.82, 2.24) is 40.4 Å². The highest BCUT2D eigenvalue weighted by atomic mass is 32.1. The maximum atomic E-state index is 13.4. The summed E-state index contributed by atoms with van der Waals surface area (Å²) in [6.07, 6.45) is 4.75.